The minimum Gasteiger partial charge on any atom is -0.310 e. The molecule has 2 atom stereocenters. The first-order valence-corrected chi connectivity index (χ1v) is 6.81. The smallest absolute Gasteiger partial charge is 0.145 e. The molecule has 19 heavy (non-hydrogen) atoms. The van der Waals surface area contributed by atoms with Crippen LogP contribution in [0, 0.1) is 6.92 Å². The van der Waals surface area contributed by atoms with Gasteiger partial charge in [0.25, 0.3) is 0 Å². The topological polar surface area (TPSA) is 37.8 Å². The molecule has 0 fully saturated rings. The Morgan fingerprint density at radius 1 is 1.26 bits per heavy atom. The maximum Gasteiger partial charge on any atom is 0.145 e. The highest BCUT2D eigenvalue weighted by Gasteiger charge is 2.28. The molecule has 1 aromatic heterocycles. The lowest BCUT2D eigenvalue weighted by Gasteiger charge is -2.32. The first kappa shape index (κ1) is 12.3. The van der Waals surface area contributed by atoms with Gasteiger partial charge in [0, 0.05) is 12.4 Å². The molecule has 1 N–H and O–H groups in total. The molecule has 0 spiro atoms. The first-order valence-electron chi connectivity index (χ1n) is 6.81. The van der Waals surface area contributed by atoms with Crippen LogP contribution in [-0.2, 0) is 6.42 Å². The highest BCUT2D eigenvalue weighted by Crippen LogP contribution is 2.40. The summed E-state index contributed by atoms with van der Waals surface area (Å²) in [4.78, 5) is 8.89. The van der Waals surface area contributed by atoms with Gasteiger partial charge in [-0.15, -0.1) is 0 Å². The predicted octanol–water partition coefficient (Wildman–Crippen LogP) is 2.78. The number of aryl methyl sites for hydroxylation is 1. The number of hydrogen-bond acceptors (Lipinski definition) is 3. The zero-order valence-corrected chi connectivity index (χ0v) is 11.4. The summed E-state index contributed by atoms with van der Waals surface area (Å²) in [6, 6.07) is 8.95. The van der Waals surface area contributed by atoms with Crippen LogP contribution in [0.2, 0.25) is 0 Å². The van der Waals surface area contributed by atoms with E-state index in [4.69, 9.17) is 0 Å². The lowest BCUT2D eigenvalue weighted by atomic mass is 9.74. The normalized spacial score (nSPS) is 18.5. The van der Waals surface area contributed by atoms with Gasteiger partial charge in [0.15, 0.2) is 0 Å². The van der Waals surface area contributed by atoms with Crippen LogP contribution in [0.4, 0.5) is 0 Å². The fourth-order valence-electron chi connectivity index (χ4n) is 2.79. The highest BCUT2D eigenvalue weighted by molar-refractivity contribution is 5.40. The predicted molar refractivity (Wildman–Crippen MR) is 76.1 cm³/mol. The van der Waals surface area contributed by atoms with E-state index in [1.807, 2.05) is 26.4 Å². The number of nitrogens with zero attached hydrogens (tertiary/aromatic N) is 2. The molecule has 98 valence electrons. The number of hydrogen-bond donors (Lipinski definition) is 1. The molecule has 0 aliphatic heterocycles. The average Bonchev–Trinajstić information content (AvgIpc) is 2.42. The second-order valence-electron chi connectivity index (χ2n) is 5.30. The summed E-state index contributed by atoms with van der Waals surface area (Å²) in [7, 11) is 1.98. The van der Waals surface area contributed by atoms with Gasteiger partial charge in [0.05, 0.1) is 6.04 Å². The van der Waals surface area contributed by atoms with Crippen LogP contribution in [0.1, 0.15) is 40.9 Å². The molecule has 2 aromatic rings. The van der Waals surface area contributed by atoms with E-state index in [0.717, 1.165) is 17.8 Å². The molecule has 1 aliphatic rings. The summed E-state index contributed by atoms with van der Waals surface area (Å²) < 4.78 is 0. The van der Waals surface area contributed by atoms with Gasteiger partial charge in [0.1, 0.15) is 5.82 Å². The fourth-order valence-corrected chi connectivity index (χ4v) is 2.79. The Morgan fingerprint density at radius 3 is 2.68 bits per heavy atom. The molecule has 0 amide bonds. The number of fused-ring (bicyclic) bond motifs is 1. The van der Waals surface area contributed by atoms with E-state index in [1.54, 1.807) is 0 Å². The third-order valence-electron chi connectivity index (χ3n) is 3.94. The van der Waals surface area contributed by atoms with Gasteiger partial charge in [-0.25, -0.2) is 9.97 Å². The molecule has 0 radical (unpaired) electrons. The Bertz CT molecular complexity index is 562. The average molecular weight is 253 g/mol. The van der Waals surface area contributed by atoms with Crippen LogP contribution in [0.3, 0.4) is 0 Å². The van der Waals surface area contributed by atoms with Gasteiger partial charge in [-0.2, -0.15) is 0 Å². The van der Waals surface area contributed by atoms with Crippen molar-refractivity contribution in [1.29, 1.82) is 0 Å². The minimum absolute atomic E-state index is 0.235. The van der Waals surface area contributed by atoms with Gasteiger partial charge in [0.2, 0.25) is 0 Å². The molecular formula is C16H19N3. The minimum atomic E-state index is 0.235. The second kappa shape index (κ2) is 5.10. The Labute approximate surface area is 114 Å². The van der Waals surface area contributed by atoms with E-state index < -0.39 is 0 Å². The van der Waals surface area contributed by atoms with Crippen LogP contribution >= 0.6 is 0 Å². The molecular weight excluding hydrogens is 234 g/mol. The standard InChI is InChI=1S/C16H19N3/c1-11-9-18-16(19-10-11)15(17-2)8-13-7-12-5-3-4-6-14(12)13/h3-6,9-10,13,15,17H,7-8H2,1-2H3. The third-order valence-corrected chi connectivity index (χ3v) is 3.94. The van der Waals surface area contributed by atoms with Crippen molar-refractivity contribution in [3.05, 3.63) is 59.2 Å². The molecule has 2 unspecified atom stereocenters. The molecule has 3 rings (SSSR count). The summed E-state index contributed by atoms with van der Waals surface area (Å²) in [5.41, 5.74) is 4.09. The summed E-state index contributed by atoms with van der Waals surface area (Å²) in [6.07, 6.45) is 6.03. The molecule has 1 aliphatic carbocycles. The van der Waals surface area contributed by atoms with Crippen molar-refractivity contribution >= 4 is 0 Å². The van der Waals surface area contributed by atoms with Crippen molar-refractivity contribution < 1.29 is 0 Å². The van der Waals surface area contributed by atoms with Crippen molar-refractivity contribution in [2.45, 2.75) is 31.7 Å². The molecule has 1 aromatic carbocycles. The SMILES string of the molecule is CNC(CC1Cc2ccccc21)c1ncc(C)cn1. The van der Waals surface area contributed by atoms with Crippen molar-refractivity contribution in [2.75, 3.05) is 7.05 Å². The van der Waals surface area contributed by atoms with Crippen LogP contribution in [0.5, 0.6) is 0 Å². The van der Waals surface area contributed by atoms with E-state index in [-0.39, 0.29) is 6.04 Å². The zero-order chi connectivity index (χ0) is 13.2. The van der Waals surface area contributed by atoms with Crippen LogP contribution in [-0.4, -0.2) is 17.0 Å². The summed E-state index contributed by atoms with van der Waals surface area (Å²) in [5.74, 6) is 1.54. The van der Waals surface area contributed by atoms with Gasteiger partial charge in [-0.3, -0.25) is 0 Å². The molecule has 3 nitrogen and oxygen atoms in total. The summed E-state index contributed by atoms with van der Waals surface area (Å²) in [5, 5.41) is 3.34. The maximum absolute atomic E-state index is 4.44. The van der Waals surface area contributed by atoms with E-state index in [9.17, 15) is 0 Å². The van der Waals surface area contributed by atoms with Crippen molar-refractivity contribution in [2.24, 2.45) is 0 Å². The van der Waals surface area contributed by atoms with Gasteiger partial charge < -0.3 is 5.32 Å². The lowest BCUT2D eigenvalue weighted by molar-refractivity contribution is 0.436. The number of rotatable bonds is 4. The number of aromatic nitrogens is 2. The molecule has 0 bridgehead atoms. The Balaban J connectivity index is 1.73. The number of nitrogens with one attached hydrogen (secondary N) is 1. The van der Waals surface area contributed by atoms with E-state index in [0.29, 0.717) is 5.92 Å². The maximum atomic E-state index is 4.44. The molecule has 0 saturated carbocycles. The zero-order valence-electron chi connectivity index (χ0n) is 11.4. The Kier molecular flexibility index (Phi) is 3.30. The molecule has 1 heterocycles. The summed E-state index contributed by atoms with van der Waals surface area (Å²) in [6.45, 7) is 2.01. The largest absolute Gasteiger partial charge is 0.310 e. The van der Waals surface area contributed by atoms with E-state index >= 15 is 0 Å². The first-order chi connectivity index (χ1) is 9.28. The van der Waals surface area contributed by atoms with E-state index in [1.165, 1.54) is 17.5 Å². The van der Waals surface area contributed by atoms with Crippen LogP contribution in [0.15, 0.2) is 36.7 Å². The van der Waals surface area contributed by atoms with Gasteiger partial charge in [-0.05, 0) is 49.4 Å². The van der Waals surface area contributed by atoms with Crippen molar-refractivity contribution in [3.63, 3.8) is 0 Å². The van der Waals surface area contributed by atoms with Crippen molar-refractivity contribution in [1.82, 2.24) is 15.3 Å². The van der Waals surface area contributed by atoms with Gasteiger partial charge in [-0.1, -0.05) is 24.3 Å². The monoisotopic (exact) mass is 253 g/mol. The Hall–Kier alpha value is -1.74. The third kappa shape index (κ3) is 2.38. The van der Waals surface area contributed by atoms with Gasteiger partial charge >= 0.3 is 0 Å². The fraction of sp³-hybridized carbons (Fsp3) is 0.375. The lowest BCUT2D eigenvalue weighted by Crippen LogP contribution is -2.26. The number of benzene rings is 1. The second-order valence-corrected chi connectivity index (χ2v) is 5.30. The molecule has 3 heteroatoms. The van der Waals surface area contributed by atoms with Crippen molar-refractivity contribution in [3.8, 4) is 0 Å². The summed E-state index contributed by atoms with van der Waals surface area (Å²) >= 11 is 0. The van der Waals surface area contributed by atoms with E-state index in [2.05, 4.69) is 39.6 Å². The van der Waals surface area contributed by atoms with Crippen LogP contribution in [0.25, 0.3) is 0 Å². The Morgan fingerprint density at radius 2 is 2.00 bits per heavy atom. The quantitative estimate of drug-likeness (QED) is 0.910. The van der Waals surface area contributed by atoms with Crippen LogP contribution < -0.4 is 5.32 Å². The highest BCUT2D eigenvalue weighted by atomic mass is 15.0. The molecule has 0 saturated heterocycles.